The Bertz CT molecular complexity index is 618. The Morgan fingerprint density at radius 3 is 2.68 bits per heavy atom. The van der Waals surface area contributed by atoms with Crippen LogP contribution in [-0.4, -0.2) is 12.9 Å². The van der Waals surface area contributed by atoms with Crippen LogP contribution in [0.25, 0.3) is 6.08 Å². The highest BCUT2D eigenvalue weighted by Gasteiger charge is 2.03. The van der Waals surface area contributed by atoms with E-state index >= 15 is 0 Å². The van der Waals surface area contributed by atoms with Crippen molar-refractivity contribution in [1.82, 2.24) is 0 Å². The third-order valence-electron chi connectivity index (χ3n) is 2.72. The fourth-order valence-corrected chi connectivity index (χ4v) is 1.76. The van der Waals surface area contributed by atoms with Crippen LogP contribution in [0.15, 0.2) is 54.6 Å². The highest BCUT2D eigenvalue weighted by Crippen LogP contribution is 2.19. The first kappa shape index (κ1) is 12.9. The molecule has 0 fully saturated rings. The molecule has 0 heterocycles. The molecule has 0 saturated heterocycles. The normalized spacial score (nSPS) is 10.6. The summed E-state index contributed by atoms with van der Waals surface area (Å²) in [5.41, 5.74) is 7.67. The molecule has 2 rings (SSSR count). The maximum Gasteiger partial charge on any atom is 0.185 e. The van der Waals surface area contributed by atoms with Crippen molar-refractivity contribution < 1.29 is 9.53 Å². The minimum absolute atomic E-state index is 0.0850. The molecule has 0 aliphatic rings. The van der Waals surface area contributed by atoms with E-state index in [0.29, 0.717) is 11.3 Å². The number of ether oxygens (including phenoxy) is 1. The Balaban J connectivity index is 2.21. The van der Waals surface area contributed by atoms with Gasteiger partial charge in [0, 0.05) is 16.8 Å². The predicted molar refractivity (Wildman–Crippen MR) is 77.2 cm³/mol. The van der Waals surface area contributed by atoms with E-state index in [9.17, 15) is 4.79 Å². The molecule has 2 aromatic rings. The summed E-state index contributed by atoms with van der Waals surface area (Å²) in [6.07, 6.45) is 3.26. The van der Waals surface area contributed by atoms with Gasteiger partial charge in [-0.05, 0) is 30.4 Å². The molecule has 0 spiro atoms. The van der Waals surface area contributed by atoms with Crippen molar-refractivity contribution in [2.24, 2.45) is 0 Å². The van der Waals surface area contributed by atoms with E-state index in [-0.39, 0.29) is 5.78 Å². The number of allylic oxidation sites excluding steroid dienone is 1. The number of hydrogen-bond donors (Lipinski definition) is 1. The number of methoxy groups -OCH3 is 1. The van der Waals surface area contributed by atoms with Gasteiger partial charge in [0.05, 0.1) is 7.11 Å². The predicted octanol–water partition coefficient (Wildman–Crippen LogP) is 3.17. The second kappa shape index (κ2) is 5.87. The summed E-state index contributed by atoms with van der Waals surface area (Å²) in [4.78, 5) is 12.0. The molecule has 3 nitrogen and oxygen atoms in total. The molecule has 2 aromatic carbocycles. The molecular weight excluding hydrogens is 238 g/mol. The quantitative estimate of drug-likeness (QED) is 0.517. The van der Waals surface area contributed by atoms with E-state index in [1.165, 1.54) is 6.08 Å². The summed E-state index contributed by atoms with van der Waals surface area (Å²) in [6.45, 7) is 0. The SMILES string of the molecule is COc1ccccc1/C=C/C(=O)c1cccc(N)c1. The second-order valence-electron chi connectivity index (χ2n) is 4.06. The third-order valence-corrected chi connectivity index (χ3v) is 2.72. The van der Waals surface area contributed by atoms with Gasteiger partial charge in [-0.2, -0.15) is 0 Å². The number of carbonyl (C=O) groups is 1. The van der Waals surface area contributed by atoms with Crippen molar-refractivity contribution in [3.05, 3.63) is 65.7 Å². The number of carbonyl (C=O) groups excluding carboxylic acids is 1. The lowest BCUT2D eigenvalue weighted by molar-refractivity contribution is 0.104. The van der Waals surface area contributed by atoms with Gasteiger partial charge in [0.25, 0.3) is 0 Å². The van der Waals surface area contributed by atoms with Crippen LogP contribution in [0.3, 0.4) is 0 Å². The summed E-state index contributed by atoms with van der Waals surface area (Å²) in [7, 11) is 1.60. The van der Waals surface area contributed by atoms with Crippen LogP contribution < -0.4 is 10.5 Å². The van der Waals surface area contributed by atoms with E-state index in [2.05, 4.69) is 0 Å². The number of nitrogens with two attached hydrogens (primary N) is 1. The lowest BCUT2D eigenvalue weighted by Crippen LogP contribution is -1.96. The van der Waals surface area contributed by atoms with Crippen LogP contribution in [0.1, 0.15) is 15.9 Å². The van der Waals surface area contributed by atoms with Gasteiger partial charge in [-0.1, -0.05) is 30.3 Å². The third kappa shape index (κ3) is 3.22. The van der Waals surface area contributed by atoms with E-state index in [0.717, 1.165) is 11.3 Å². The van der Waals surface area contributed by atoms with Gasteiger partial charge in [-0.15, -0.1) is 0 Å². The lowest BCUT2D eigenvalue weighted by atomic mass is 10.1. The van der Waals surface area contributed by atoms with E-state index < -0.39 is 0 Å². The maximum absolute atomic E-state index is 12.0. The van der Waals surface area contributed by atoms with E-state index in [1.54, 1.807) is 37.5 Å². The Kier molecular flexibility index (Phi) is 3.98. The average molecular weight is 253 g/mol. The van der Waals surface area contributed by atoms with Crippen LogP contribution >= 0.6 is 0 Å². The summed E-state index contributed by atoms with van der Waals surface area (Å²) in [5, 5.41) is 0. The van der Waals surface area contributed by atoms with Gasteiger partial charge < -0.3 is 10.5 Å². The Morgan fingerprint density at radius 1 is 1.16 bits per heavy atom. The van der Waals surface area contributed by atoms with Crippen molar-refractivity contribution >= 4 is 17.5 Å². The Morgan fingerprint density at radius 2 is 1.95 bits per heavy atom. The molecule has 0 unspecified atom stereocenters. The van der Waals surface area contributed by atoms with Crippen LogP contribution in [0.2, 0.25) is 0 Å². The zero-order valence-electron chi connectivity index (χ0n) is 10.7. The van der Waals surface area contributed by atoms with Crippen molar-refractivity contribution in [2.45, 2.75) is 0 Å². The number of anilines is 1. The van der Waals surface area contributed by atoms with Crippen molar-refractivity contribution in [3.63, 3.8) is 0 Å². The second-order valence-corrected chi connectivity index (χ2v) is 4.06. The summed E-state index contributed by atoms with van der Waals surface area (Å²) >= 11 is 0. The summed E-state index contributed by atoms with van der Waals surface area (Å²) in [6, 6.07) is 14.4. The molecule has 0 radical (unpaired) electrons. The largest absolute Gasteiger partial charge is 0.496 e. The molecular formula is C16H15NO2. The lowest BCUT2D eigenvalue weighted by Gasteiger charge is -2.03. The minimum atomic E-state index is -0.0850. The van der Waals surface area contributed by atoms with Crippen molar-refractivity contribution in [2.75, 3.05) is 12.8 Å². The zero-order chi connectivity index (χ0) is 13.7. The number of para-hydroxylation sites is 1. The summed E-state index contributed by atoms with van der Waals surface area (Å²) in [5.74, 6) is 0.650. The molecule has 0 atom stereocenters. The molecule has 19 heavy (non-hydrogen) atoms. The van der Waals surface area contributed by atoms with Crippen LogP contribution in [-0.2, 0) is 0 Å². The Hall–Kier alpha value is -2.55. The van der Waals surface area contributed by atoms with E-state index in [1.807, 2.05) is 24.3 Å². The molecule has 3 heteroatoms. The number of benzene rings is 2. The molecule has 0 aliphatic carbocycles. The van der Waals surface area contributed by atoms with Gasteiger partial charge >= 0.3 is 0 Å². The number of rotatable bonds is 4. The first-order valence-corrected chi connectivity index (χ1v) is 5.91. The maximum atomic E-state index is 12.0. The molecule has 96 valence electrons. The standard InChI is InChI=1S/C16H15NO2/c1-19-16-8-3-2-5-12(16)9-10-15(18)13-6-4-7-14(17)11-13/h2-11H,17H2,1H3/b10-9+. The average Bonchev–Trinajstić information content (AvgIpc) is 2.45. The van der Waals surface area contributed by atoms with Crippen LogP contribution in [0, 0.1) is 0 Å². The van der Waals surface area contributed by atoms with Gasteiger partial charge in [-0.25, -0.2) is 0 Å². The van der Waals surface area contributed by atoms with E-state index in [4.69, 9.17) is 10.5 Å². The number of ketones is 1. The van der Waals surface area contributed by atoms with Crippen LogP contribution in [0.5, 0.6) is 5.75 Å². The fraction of sp³-hybridized carbons (Fsp3) is 0.0625. The number of nitrogen functional groups attached to an aromatic ring is 1. The van der Waals surface area contributed by atoms with Crippen LogP contribution in [0.4, 0.5) is 5.69 Å². The first-order valence-electron chi connectivity index (χ1n) is 5.91. The van der Waals surface area contributed by atoms with Gasteiger partial charge in [-0.3, -0.25) is 4.79 Å². The molecule has 0 aliphatic heterocycles. The molecule has 0 saturated carbocycles. The van der Waals surface area contributed by atoms with Gasteiger partial charge in [0.1, 0.15) is 5.75 Å². The number of hydrogen-bond acceptors (Lipinski definition) is 3. The smallest absolute Gasteiger partial charge is 0.185 e. The Labute approximate surface area is 112 Å². The minimum Gasteiger partial charge on any atom is -0.496 e. The highest BCUT2D eigenvalue weighted by molar-refractivity contribution is 6.07. The van der Waals surface area contributed by atoms with Crippen molar-refractivity contribution in [1.29, 1.82) is 0 Å². The molecule has 2 N–H and O–H groups in total. The zero-order valence-corrected chi connectivity index (χ0v) is 10.7. The molecule has 0 aromatic heterocycles. The summed E-state index contributed by atoms with van der Waals surface area (Å²) < 4.78 is 5.22. The highest BCUT2D eigenvalue weighted by atomic mass is 16.5. The fourth-order valence-electron chi connectivity index (χ4n) is 1.76. The van der Waals surface area contributed by atoms with Gasteiger partial charge in [0.15, 0.2) is 5.78 Å². The topological polar surface area (TPSA) is 52.3 Å². The molecule has 0 amide bonds. The van der Waals surface area contributed by atoms with Gasteiger partial charge in [0.2, 0.25) is 0 Å². The molecule has 0 bridgehead atoms. The monoisotopic (exact) mass is 253 g/mol. The first-order chi connectivity index (χ1) is 9.20. The van der Waals surface area contributed by atoms with Crippen molar-refractivity contribution in [3.8, 4) is 5.75 Å².